The molecule has 10 nitrogen and oxygen atoms in total. The number of ether oxygens (including phenoxy) is 4. The molecule has 50 heavy (non-hydrogen) atoms. The summed E-state index contributed by atoms with van der Waals surface area (Å²) < 4.78 is 23.5. The number of nitrogens with one attached hydrogen (secondary N) is 1. The van der Waals surface area contributed by atoms with Crippen molar-refractivity contribution in [2.24, 2.45) is 0 Å². The van der Waals surface area contributed by atoms with Crippen LogP contribution in [0.2, 0.25) is 0 Å². The van der Waals surface area contributed by atoms with Crippen LogP contribution >= 0.6 is 0 Å². The first-order valence-corrected chi connectivity index (χ1v) is 17.4. The van der Waals surface area contributed by atoms with Gasteiger partial charge in [-0.1, -0.05) is 43.3 Å². The average Bonchev–Trinajstić information content (AvgIpc) is 3.67. The topological polar surface area (TPSA) is 116 Å². The lowest BCUT2D eigenvalue weighted by atomic mass is 10.1. The summed E-state index contributed by atoms with van der Waals surface area (Å²) in [6, 6.07) is 23.3. The van der Waals surface area contributed by atoms with Crippen molar-refractivity contribution in [2.75, 3.05) is 54.8 Å². The largest absolute Gasteiger partial charge is 0.493 e. The summed E-state index contributed by atoms with van der Waals surface area (Å²) in [7, 11) is 3.15. The van der Waals surface area contributed by atoms with Crippen LogP contribution in [0.3, 0.4) is 0 Å². The lowest BCUT2D eigenvalue weighted by Crippen LogP contribution is -2.39. The van der Waals surface area contributed by atoms with Crippen LogP contribution in [-0.4, -0.2) is 57.9 Å². The van der Waals surface area contributed by atoms with Crippen LogP contribution in [0.15, 0.2) is 72.8 Å². The zero-order valence-corrected chi connectivity index (χ0v) is 28.9. The van der Waals surface area contributed by atoms with Gasteiger partial charge in [0.15, 0.2) is 23.0 Å². The molecule has 10 heteroatoms. The maximum absolute atomic E-state index is 13.8. The minimum atomic E-state index is -0.135. The molecule has 0 saturated carbocycles. The summed E-state index contributed by atoms with van der Waals surface area (Å²) in [5, 5.41) is 3.48. The van der Waals surface area contributed by atoms with Crippen molar-refractivity contribution in [1.82, 2.24) is 0 Å². The number of nitrogens with zero attached hydrogens (tertiary/aromatic N) is 2. The number of hydrogen-bond acceptors (Lipinski definition) is 8. The average molecular weight is 677 g/mol. The third-order valence-electron chi connectivity index (χ3n) is 9.98. The third kappa shape index (κ3) is 6.14. The van der Waals surface area contributed by atoms with Crippen molar-refractivity contribution in [3.63, 3.8) is 0 Å². The molecule has 4 aromatic carbocycles. The van der Waals surface area contributed by atoms with E-state index in [0.717, 1.165) is 55.6 Å². The number of amides is 2. The Hall–Kier alpha value is -5.38. The zero-order valence-electron chi connectivity index (χ0n) is 28.9. The van der Waals surface area contributed by atoms with Crippen molar-refractivity contribution in [3.8, 4) is 23.0 Å². The summed E-state index contributed by atoms with van der Waals surface area (Å²) in [6.45, 7) is 3.69. The summed E-state index contributed by atoms with van der Waals surface area (Å²) in [5.74, 6) is 1.93. The second-order valence-electron chi connectivity index (χ2n) is 13.0. The number of fused-ring (bicyclic) bond motifs is 5. The van der Waals surface area contributed by atoms with Gasteiger partial charge in [0.25, 0.3) is 11.8 Å². The molecule has 4 aromatic rings. The molecular weight excluding hydrogens is 632 g/mol. The first-order valence-electron chi connectivity index (χ1n) is 17.4. The number of anilines is 4. The third-order valence-corrected chi connectivity index (χ3v) is 9.98. The van der Waals surface area contributed by atoms with Crippen molar-refractivity contribution < 1.29 is 28.5 Å². The zero-order chi connectivity index (χ0) is 34.8. The van der Waals surface area contributed by atoms with E-state index >= 15 is 0 Å². The number of para-hydroxylation sites is 2. The summed E-state index contributed by atoms with van der Waals surface area (Å²) in [5.41, 5.74) is 12.8. The fourth-order valence-electron chi connectivity index (χ4n) is 7.38. The minimum Gasteiger partial charge on any atom is -0.493 e. The first kappa shape index (κ1) is 33.1. The molecule has 3 aliphatic rings. The van der Waals surface area contributed by atoms with E-state index in [0.29, 0.717) is 59.6 Å². The fraction of sp³-hybridized carbons (Fsp3) is 0.350. The molecule has 0 fully saturated rings. The lowest BCUT2D eigenvalue weighted by Gasteiger charge is -2.26. The van der Waals surface area contributed by atoms with E-state index in [1.165, 1.54) is 11.1 Å². The monoisotopic (exact) mass is 676 g/mol. The van der Waals surface area contributed by atoms with E-state index in [1.807, 2.05) is 52.3 Å². The van der Waals surface area contributed by atoms with Gasteiger partial charge in [-0.2, -0.15) is 0 Å². The van der Waals surface area contributed by atoms with Crippen LogP contribution in [0.5, 0.6) is 23.0 Å². The van der Waals surface area contributed by atoms with Crippen molar-refractivity contribution in [2.45, 2.75) is 57.5 Å². The maximum atomic E-state index is 13.8. The highest BCUT2D eigenvalue weighted by Crippen LogP contribution is 2.41. The Balaban J connectivity index is 0.928. The molecule has 0 unspecified atom stereocenters. The molecule has 260 valence electrons. The SMILES string of the molecule is CC[C@@H]1Cc2ccccc2N1C(=O)c1cc(OC)c(OCCCCCOc2cc3c(cc2OC)C(=O)N2c4ccccc4C[C@H]2CN3)cc1N. The van der Waals surface area contributed by atoms with Gasteiger partial charge < -0.3 is 39.8 Å². The first-order chi connectivity index (χ1) is 24.4. The van der Waals surface area contributed by atoms with E-state index < -0.39 is 0 Å². The molecule has 0 radical (unpaired) electrons. The van der Waals surface area contributed by atoms with Gasteiger partial charge >= 0.3 is 0 Å². The molecule has 3 N–H and O–H groups in total. The highest BCUT2D eigenvalue weighted by molar-refractivity contribution is 6.12. The molecule has 3 heterocycles. The predicted octanol–water partition coefficient (Wildman–Crippen LogP) is 6.89. The molecule has 0 aliphatic carbocycles. The minimum absolute atomic E-state index is 0.0353. The van der Waals surface area contributed by atoms with Crippen LogP contribution in [-0.2, 0) is 12.8 Å². The van der Waals surface area contributed by atoms with Crippen LogP contribution in [0.25, 0.3) is 0 Å². The Kier molecular flexibility index (Phi) is 9.43. The van der Waals surface area contributed by atoms with Crippen molar-refractivity contribution in [1.29, 1.82) is 0 Å². The van der Waals surface area contributed by atoms with Gasteiger partial charge in [0.05, 0.1) is 50.3 Å². The Morgan fingerprint density at radius 3 is 2.16 bits per heavy atom. The van der Waals surface area contributed by atoms with E-state index in [-0.39, 0.29) is 23.9 Å². The van der Waals surface area contributed by atoms with E-state index in [4.69, 9.17) is 24.7 Å². The number of carbonyl (C=O) groups is 2. The number of nitrogen functional groups attached to an aromatic ring is 1. The van der Waals surface area contributed by atoms with Crippen LogP contribution < -0.4 is 39.8 Å². The van der Waals surface area contributed by atoms with Gasteiger partial charge in [0.2, 0.25) is 0 Å². The number of methoxy groups -OCH3 is 2. The van der Waals surface area contributed by atoms with Crippen LogP contribution in [0.1, 0.15) is 64.4 Å². The molecular formula is C40H44N4O6. The Morgan fingerprint density at radius 1 is 0.820 bits per heavy atom. The molecule has 3 aliphatic heterocycles. The second-order valence-corrected chi connectivity index (χ2v) is 13.0. The number of unbranched alkanes of at least 4 members (excludes halogenated alkanes) is 2. The summed E-state index contributed by atoms with van der Waals surface area (Å²) in [6.07, 6.45) is 4.94. The molecule has 0 spiro atoms. The summed E-state index contributed by atoms with van der Waals surface area (Å²) >= 11 is 0. The van der Waals surface area contributed by atoms with E-state index in [2.05, 4.69) is 24.4 Å². The highest BCUT2D eigenvalue weighted by atomic mass is 16.5. The van der Waals surface area contributed by atoms with Crippen molar-refractivity contribution in [3.05, 3.63) is 95.1 Å². The Bertz CT molecular complexity index is 1910. The molecule has 0 bridgehead atoms. The molecule has 7 rings (SSSR count). The molecule has 0 saturated heterocycles. The van der Waals surface area contributed by atoms with Crippen LogP contribution in [0, 0.1) is 0 Å². The Morgan fingerprint density at radius 2 is 1.46 bits per heavy atom. The van der Waals surface area contributed by atoms with E-state index in [9.17, 15) is 9.59 Å². The van der Waals surface area contributed by atoms with Gasteiger partial charge in [-0.25, -0.2) is 0 Å². The fourth-order valence-corrected chi connectivity index (χ4v) is 7.38. The van der Waals surface area contributed by atoms with E-state index in [1.54, 1.807) is 32.4 Å². The van der Waals surface area contributed by atoms with Gasteiger partial charge in [-0.3, -0.25) is 9.59 Å². The number of hydrogen-bond donors (Lipinski definition) is 2. The number of rotatable bonds is 12. The van der Waals surface area contributed by atoms with Gasteiger partial charge in [0.1, 0.15) is 0 Å². The van der Waals surface area contributed by atoms with Crippen LogP contribution in [0.4, 0.5) is 22.7 Å². The second kappa shape index (κ2) is 14.2. The Labute approximate surface area is 293 Å². The van der Waals surface area contributed by atoms with Crippen molar-refractivity contribution >= 4 is 34.6 Å². The van der Waals surface area contributed by atoms with Gasteiger partial charge in [-0.15, -0.1) is 0 Å². The van der Waals surface area contributed by atoms with Gasteiger partial charge in [-0.05, 0) is 73.9 Å². The normalized spacial score (nSPS) is 17.2. The highest BCUT2D eigenvalue weighted by Gasteiger charge is 2.38. The number of carbonyl (C=O) groups excluding carboxylic acids is 2. The molecule has 2 amide bonds. The predicted molar refractivity (Wildman–Crippen MR) is 196 cm³/mol. The lowest BCUT2D eigenvalue weighted by molar-refractivity contribution is 0.0973. The molecule has 0 aromatic heterocycles. The smallest absolute Gasteiger partial charge is 0.260 e. The quantitative estimate of drug-likeness (QED) is 0.123. The number of nitrogens with two attached hydrogens (primary N) is 1. The maximum Gasteiger partial charge on any atom is 0.260 e. The van der Waals surface area contributed by atoms with Gasteiger partial charge in [0, 0.05) is 41.8 Å². The summed E-state index contributed by atoms with van der Waals surface area (Å²) in [4.78, 5) is 31.2. The molecule has 2 atom stereocenters. The standard InChI is InChI=1S/C40H44N4O6/c1-4-27-18-25-12-6-8-14-33(25)43(27)39(45)29-20-35(47-2)37(22-31(29)41)49-16-10-5-11-17-50-38-23-32-30(21-36(38)48-3)40(46)44-28(24-42-32)19-26-13-7-9-15-34(26)44/h6-9,12-15,20-23,27-28,42H,4-5,10-11,16-19,24,41H2,1-3H3/t27-,28+/m1/s1. The number of benzene rings is 4.